The zero-order valence-electron chi connectivity index (χ0n) is 17.7. The van der Waals surface area contributed by atoms with Crippen LogP contribution in [-0.4, -0.2) is 39.5 Å². The molecule has 0 saturated heterocycles. The summed E-state index contributed by atoms with van der Waals surface area (Å²) >= 11 is 13.4. The predicted octanol–water partition coefficient (Wildman–Crippen LogP) is 5.85. The van der Waals surface area contributed by atoms with Gasteiger partial charge in [0.1, 0.15) is 0 Å². The van der Waals surface area contributed by atoms with E-state index in [1.165, 1.54) is 17.4 Å². The number of aromatic nitrogens is 3. The first-order valence-corrected chi connectivity index (χ1v) is 11.9. The molecule has 0 aliphatic rings. The van der Waals surface area contributed by atoms with Gasteiger partial charge in [0, 0.05) is 35.9 Å². The number of anilines is 2. The van der Waals surface area contributed by atoms with E-state index in [4.69, 9.17) is 23.2 Å². The molecule has 0 radical (unpaired) electrons. The molecular formula is C22H25Cl2N5OS. The quantitative estimate of drug-likeness (QED) is 0.391. The van der Waals surface area contributed by atoms with Gasteiger partial charge in [-0.1, -0.05) is 35.0 Å². The van der Waals surface area contributed by atoms with Crippen molar-refractivity contribution < 1.29 is 4.79 Å². The molecule has 0 aliphatic carbocycles. The Morgan fingerprint density at radius 1 is 1.06 bits per heavy atom. The average Bonchev–Trinajstić information content (AvgIpc) is 3.18. The maximum Gasteiger partial charge on any atom is 0.234 e. The van der Waals surface area contributed by atoms with Crippen molar-refractivity contribution >= 4 is 52.2 Å². The van der Waals surface area contributed by atoms with Crippen LogP contribution in [0, 0.1) is 0 Å². The molecule has 0 atom stereocenters. The van der Waals surface area contributed by atoms with E-state index >= 15 is 0 Å². The Hall–Kier alpha value is -2.22. The zero-order valence-corrected chi connectivity index (χ0v) is 20.1. The third-order valence-electron chi connectivity index (χ3n) is 4.82. The van der Waals surface area contributed by atoms with Crippen LogP contribution in [0.5, 0.6) is 0 Å². The smallest absolute Gasteiger partial charge is 0.234 e. The lowest BCUT2D eigenvalue weighted by molar-refractivity contribution is -0.113. The van der Waals surface area contributed by atoms with E-state index in [9.17, 15) is 4.79 Å². The highest BCUT2D eigenvalue weighted by Gasteiger charge is 2.15. The van der Waals surface area contributed by atoms with E-state index < -0.39 is 0 Å². The summed E-state index contributed by atoms with van der Waals surface area (Å²) in [6.07, 6.45) is 0. The molecule has 2 aromatic carbocycles. The Kier molecular flexibility index (Phi) is 8.23. The number of hydrogen-bond acceptors (Lipinski definition) is 5. The Bertz CT molecular complexity index is 1030. The fraction of sp³-hybridized carbons (Fsp3) is 0.318. The van der Waals surface area contributed by atoms with E-state index in [-0.39, 0.29) is 11.7 Å². The molecule has 6 nitrogen and oxygen atoms in total. The number of thioether (sulfide) groups is 1. The molecule has 3 aromatic rings. The van der Waals surface area contributed by atoms with Crippen LogP contribution in [0.15, 0.2) is 47.6 Å². The number of nitrogens with one attached hydrogen (secondary N) is 1. The van der Waals surface area contributed by atoms with Crippen LogP contribution in [0.1, 0.15) is 20.8 Å². The fourth-order valence-corrected chi connectivity index (χ4v) is 4.47. The summed E-state index contributed by atoms with van der Waals surface area (Å²) in [6, 6.07) is 13.3. The van der Waals surface area contributed by atoms with Crippen molar-refractivity contribution in [1.82, 2.24) is 14.8 Å². The van der Waals surface area contributed by atoms with Crippen LogP contribution in [0.3, 0.4) is 0 Å². The minimum Gasteiger partial charge on any atom is -0.372 e. The summed E-state index contributed by atoms with van der Waals surface area (Å²) in [5.74, 6) is 0.806. The van der Waals surface area contributed by atoms with Crippen molar-refractivity contribution in [2.75, 3.05) is 29.1 Å². The Labute approximate surface area is 196 Å². The summed E-state index contributed by atoms with van der Waals surface area (Å²) in [6.45, 7) is 8.95. The summed E-state index contributed by atoms with van der Waals surface area (Å²) in [7, 11) is 0. The molecule has 0 bridgehead atoms. The first-order valence-electron chi connectivity index (χ1n) is 10.1. The number of rotatable bonds is 9. The molecule has 0 fully saturated rings. The summed E-state index contributed by atoms with van der Waals surface area (Å²) < 4.78 is 2.01. The second-order valence-corrected chi connectivity index (χ2v) is 8.52. The first-order chi connectivity index (χ1) is 15.0. The Morgan fingerprint density at radius 2 is 1.77 bits per heavy atom. The molecule has 164 valence electrons. The van der Waals surface area contributed by atoms with Crippen molar-refractivity contribution in [2.24, 2.45) is 0 Å². The van der Waals surface area contributed by atoms with Gasteiger partial charge in [-0.25, -0.2) is 0 Å². The molecule has 31 heavy (non-hydrogen) atoms. The second kappa shape index (κ2) is 10.9. The monoisotopic (exact) mass is 477 g/mol. The Morgan fingerprint density at radius 3 is 2.39 bits per heavy atom. The maximum atomic E-state index is 12.4. The summed E-state index contributed by atoms with van der Waals surface area (Å²) in [5.41, 5.74) is 2.71. The van der Waals surface area contributed by atoms with Gasteiger partial charge >= 0.3 is 0 Å². The summed E-state index contributed by atoms with van der Waals surface area (Å²) in [4.78, 5) is 14.7. The van der Waals surface area contributed by atoms with Crippen LogP contribution in [0.4, 0.5) is 11.4 Å². The van der Waals surface area contributed by atoms with Gasteiger partial charge in [-0.3, -0.25) is 4.79 Å². The van der Waals surface area contributed by atoms with Gasteiger partial charge in [0.15, 0.2) is 11.0 Å². The summed E-state index contributed by atoms with van der Waals surface area (Å²) in [5, 5.41) is 13.1. The lowest BCUT2D eigenvalue weighted by Crippen LogP contribution is -2.21. The second-order valence-electron chi connectivity index (χ2n) is 6.73. The number of benzene rings is 2. The molecule has 1 amide bonds. The van der Waals surface area contributed by atoms with Gasteiger partial charge in [-0.05, 0) is 63.2 Å². The van der Waals surface area contributed by atoms with Gasteiger partial charge in [-0.15, -0.1) is 10.2 Å². The normalized spacial score (nSPS) is 10.9. The van der Waals surface area contributed by atoms with Crippen LogP contribution < -0.4 is 10.2 Å². The van der Waals surface area contributed by atoms with Crippen molar-refractivity contribution in [3.05, 3.63) is 52.5 Å². The van der Waals surface area contributed by atoms with Crippen LogP contribution in [0.2, 0.25) is 10.0 Å². The number of hydrogen-bond donors (Lipinski definition) is 1. The topological polar surface area (TPSA) is 63.1 Å². The fourth-order valence-electron chi connectivity index (χ4n) is 3.21. The molecule has 0 unspecified atom stereocenters. The molecule has 9 heteroatoms. The van der Waals surface area contributed by atoms with Gasteiger partial charge in [-0.2, -0.15) is 0 Å². The highest BCUT2D eigenvalue weighted by Crippen LogP contribution is 2.28. The zero-order chi connectivity index (χ0) is 22.4. The molecule has 3 rings (SSSR count). The van der Waals surface area contributed by atoms with Gasteiger partial charge in [0.25, 0.3) is 0 Å². The molecule has 1 heterocycles. The number of halogens is 2. The van der Waals surface area contributed by atoms with Crippen molar-refractivity contribution in [3.63, 3.8) is 0 Å². The lowest BCUT2D eigenvalue weighted by Gasteiger charge is -2.21. The van der Waals surface area contributed by atoms with E-state index in [0.29, 0.717) is 27.4 Å². The van der Waals surface area contributed by atoms with Gasteiger partial charge in [0.2, 0.25) is 5.91 Å². The van der Waals surface area contributed by atoms with E-state index in [2.05, 4.69) is 58.5 Å². The number of amides is 1. The minimum absolute atomic E-state index is 0.176. The van der Waals surface area contributed by atoms with E-state index in [1.807, 2.05) is 11.5 Å². The predicted molar refractivity (Wildman–Crippen MR) is 131 cm³/mol. The molecule has 0 spiro atoms. The maximum absolute atomic E-state index is 12.4. The van der Waals surface area contributed by atoms with Crippen molar-refractivity contribution in [1.29, 1.82) is 0 Å². The highest BCUT2D eigenvalue weighted by molar-refractivity contribution is 7.99. The van der Waals surface area contributed by atoms with E-state index in [1.54, 1.807) is 18.2 Å². The van der Waals surface area contributed by atoms with Crippen molar-refractivity contribution in [3.8, 4) is 11.4 Å². The van der Waals surface area contributed by atoms with E-state index in [0.717, 1.165) is 24.5 Å². The van der Waals surface area contributed by atoms with Gasteiger partial charge in [0.05, 0.1) is 16.5 Å². The lowest BCUT2D eigenvalue weighted by atomic mass is 10.2. The number of carbonyl (C=O) groups is 1. The molecule has 1 aromatic heterocycles. The number of carbonyl (C=O) groups excluding carboxylic acids is 1. The highest BCUT2D eigenvalue weighted by atomic mass is 35.5. The average molecular weight is 478 g/mol. The SMILES string of the molecule is CCN(CC)c1ccc(-c2nnc(SCC(=O)Nc3ccc(Cl)cc3Cl)n2CC)cc1. The van der Waals surface area contributed by atoms with Crippen LogP contribution >= 0.6 is 35.0 Å². The third-order valence-corrected chi connectivity index (χ3v) is 6.34. The van der Waals surface area contributed by atoms with Crippen molar-refractivity contribution in [2.45, 2.75) is 32.5 Å². The first kappa shape index (κ1) is 23.4. The number of nitrogens with zero attached hydrogens (tertiary/aromatic N) is 4. The molecular weight excluding hydrogens is 453 g/mol. The Balaban J connectivity index is 1.69. The third kappa shape index (κ3) is 5.73. The molecule has 0 saturated carbocycles. The molecule has 1 N–H and O–H groups in total. The largest absolute Gasteiger partial charge is 0.372 e. The van der Waals surface area contributed by atoms with Crippen LogP contribution in [-0.2, 0) is 11.3 Å². The standard InChI is InChI=1S/C22H25Cl2N5OS/c1-4-28(5-2)17-10-7-15(8-11-17)21-26-27-22(29(21)6-3)31-14-20(30)25-19-12-9-16(23)13-18(19)24/h7-13H,4-6,14H2,1-3H3,(H,25,30). The van der Waals surface area contributed by atoms with Crippen LogP contribution in [0.25, 0.3) is 11.4 Å². The minimum atomic E-state index is -0.176. The van der Waals surface area contributed by atoms with Gasteiger partial charge < -0.3 is 14.8 Å². The molecule has 0 aliphatic heterocycles.